The van der Waals surface area contributed by atoms with Crippen LogP contribution in [0.5, 0.6) is 0 Å². The zero-order valence-corrected chi connectivity index (χ0v) is 17.5. The average molecular weight is 390 g/mol. The van der Waals surface area contributed by atoms with E-state index in [2.05, 4.69) is 4.18 Å². The second kappa shape index (κ2) is 7.85. The van der Waals surface area contributed by atoms with Gasteiger partial charge in [-0.3, -0.25) is 4.55 Å². The molecule has 0 aliphatic rings. The molecule has 0 saturated carbocycles. The van der Waals surface area contributed by atoms with E-state index >= 15 is 0 Å². The number of hydrogen-bond acceptors (Lipinski definition) is 4. The van der Waals surface area contributed by atoms with Crippen LogP contribution in [0, 0.1) is 0 Å². The minimum atomic E-state index is -4.58. The summed E-state index contributed by atoms with van der Waals surface area (Å²) >= 11 is 0. The van der Waals surface area contributed by atoms with Crippen molar-refractivity contribution in [2.75, 3.05) is 0 Å². The molecular formula is C20H15NaO5S. The molecule has 0 unspecified atom stereocenters. The summed E-state index contributed by atoms with van der Waals surface area (Å²) in [5.74, 6) is 0. The first-order valence-corrected chi connectivity index (χ1v) is 9.40. The van der Waals surface area contributed by atoms with Gasteiger partial charge < -0.3 is 5.11 Å². The third-order valence-corrected chi connectivity index (χ3v) is 5.05. The molecular weight excluding hydrogens is 375 g/mol. The molecule has 0 saturated heterocycles. The molecule has 0 radical (unpaired) electrons. The van der Waals surface area contributed by atoms with E-state index in [1.54, 1.807) is 0 Å². The second-order valence-corrected chi connectivity index (χ2v) is 7.14. The summed E-state index contributed by atoms with van der Waals surface area (Å²) in [4.78, 5) is 0. The van der Waals surface area contributed by atoms with Gasteiger partial charge in [-0.15, -0.1) is 6.61 Å². The van der Waals surface area contributed by atoms with Crippen LogP contribution < -0.4 is 34.7 Å². The number of benzene rings is 4. The summed E-state index contributed by atoms with van der Waals surface area (Å²) in [6, 6.07) is 18.9. The number of rotatable bonds is 4. The molecule has 4 aromatic carbocycles. The number of hydrogen-bond donors (Lipinski definition) is 1. The first-order valence-electron chi connectivity index (χ1n) is 8.03. The molecule has 0 spiro atoms. The summed E-state index contributed by atoms with van der Waals surface area (Å²) in [6.45, 7) is -0.711. The van der Waals surface area contributed by atoms with Crippen LogP contribution in [0.3, 0.4) is 0 Å². The maximum absolute atomic E-state index is 12.1. The van der Waals surface area contributed by atoms with Crippen molar-refractivity contribution in [3.05, 3.63) is 71.8 Å². The first kappa shape index (κ1) is 20.2. The van der Waals surface area contributed by atoms with E-state index in [0.29, 0.717) is 11.1 Å². The Hall–Kier alpha value is -1.51. The van der Waals surface area contributed by atoms with Gasteiger partial charge in [-0.2, -0.15) is 8.42 Å². The summed E-state index contributed by atoms with van der Waals surface area (Å²) < 4.78 is 35.9. The molecule has 0 aliphatic carbocycles. The normalized spacial score (nSPS) is 11.8. The molecule has 1 N–H and O–H groups in total. The Morgan fingerprint density at radius 3 is 2.04 bits per heavy atom. The fourth-order valence-corrected chi connectivity index (χ4v) is 3.84. The number of fused-ring (bicyclic) bond motifs is 4. The smallest absolute Gasteiger partial charge is 0.851 e. The summed E-state index contributed by atoms with van der Waals surface area (Å²) in [7, 11) is -4.58. The summed E-state index contributed by atoms with van der Waals surface area (Å²) in [5, 5.41) is 17.0. The van der Waals surface area contributed by atoms with Gasteiger partial charge in [0.25, 0.3) is 0 Å². The van der Waals surface area contributed by atoms with Gasteiger partial charge in [-0.05, 0) is 43.4 Å². The maximum atomic E-state index is 12.1. The topological polar surface area (TPSA) is 86.7 Å². The molecule has 5 nitrogen and oxygen atoms in total. The van der Waals surface area contributed by atoms with Gasteiger partial charge in [0.1, 0.15) is 0 Å². The van der Waals surface area contributed by atoms with E-state index in [1.165, 1.54) is 0 Å². The van der Waals surface area contributed by atoms with Gasteiger partial charge in [0.15, 0.2) is 0 Å². The van der Waals surface area contributed by atoms with Crippen LogP contribution in [-0.4, -0.2) is 13.0 Å². The van der Waals surface area contributed by atoms with Crippen LogP contribution in [0.15, 0.2) is 60.7 Å². The van der Waals surface area contributed by atoms with Crippen LogP contribution in [0.4, 0.5) is 0 Å². The van der Waals surface area contributed by atoms with Gasteiger partial charge in [0.05, 0.1) is 6.61 Å². The van der Waals surface area contributed by atoms with Crippen molar-refractivity contribution in [2.24, 2.45) is 0 Å². The maximum Gasteiger partial charge on any atom is 1.00 e. The van der Waals surface area contributed by atoms with E-state index in [0.717, 1.165) is 32.3 Å². The van der Waals surface area contributed by atoms with E-state index < -0.39 is 17.0 Å². The molecule has 0 heterocycles. The van der Waals surface area contributed by atoms with Crippen LogP contribution in [0.25, 0.3) is 32.3 Å². The zero-order valence-electron chi connectivity index (χ0n) is 14.7. The summed E-state index contributed by atoms with van der Waals surface area (Å²) in [5.41, 5.74) is 1.29. The third kappa shape index (κ3) is 3.75. The first-order chi connectivity index (χ1) is 12.5. The minimum absolute atomic E-state index is 0. The molecule has 7 heteroatoms. The minimum Gasteiger partial charge on any atom is -0.851 e. The van der Waals surface area contributed by atoms with Crippen LogP contribution in [0.2, 0.25) is 0 Å². The predicted molar refractivity (Wildman–Crippen MR) is 99.0 cm³/mol. The van der Waals surface area contributed by atoms with Gasteiger partial charge >= 0.3 is 40.0 Å². The monoisotopic (exact) mass is 390 g/mol. The van der Waals surface area contributed by atoms with Crippen LogP contribution in [0.1, 0.15) is 11.1 Å². The Labute approximate surface area is 178 Å². The van der Waals surface area contributed by atoms with Crippen molar-refractivity contribution in [3.63, 3.8) is 0 Å². The van der Waals surface area contributed by atoms with Crippen molar-refractivity contribution >= 4 is 42.7 Å². The summed E-state index contributed by atoms with van der Waals surface area (Å²) in [6.07, 6.45) is 0. The molecule has 132 valence electrons. The fraction of sp³-hybridized carbons (Fsp3) is 0.100. The Morgan fingerprint density at radius 1 is 0.815 bits per heavy atom. The van der Waals surface area contributed by atoms with Crippen LogP contribution in [-0.2, 0) is 27.8 Å². The van der Waals surface area contributed by atoms with Crippen molar-refractivity contribution in [1.82, 2.24) is 0 Å². The molecule has 0 amide bonds. The molecule has 0 atom stereocenters. The molecule has 0 fully saturated rings. The Morgan fingerprint density at radius 2 is 1.41 bits per heavy atom. The molecule has 0 bridgehead atoms. The molecule has 27 heavy (non-hydrogen) atoms. The van der Waals surface area contributed by atoms with Crippen molar-refractivity contribution in [3.8, 4) is 0 Å². The van der Waals surface area contributed by atoms with Gasteiger partial charge in [0.2, 0.25) is 0 Å². The standard InChI is InChI=1S/C20H15O5S.Na/c21-11-18-15-7-3-4-8-16(15)19(12-25-26(22,23)24)17-10-9-13-5-1-2-6-14(13)20(17)18;/h1-10H,11-12H2,(H,22,23,24);/q-1;+1. The van der Waals surface area contributed by atoms with Crippen molar-refractivity contribution in [2.45, 2.75) is 13.2 Å². The zero-order chi connectivity index (χ0) is 18.3. The Bertz CT molecular complexity index is 1250. The molecule has 4 aromatic rings. The van der Waals surface area contributed by atoms with E-state index in [1.807, 2.05) is 60.7 Å². The third-order valence-electron chi connectivity index (χ3n) is 4.63. The largest absolute Gasteiger partial charge is 1.00 e. The quantitative estimate of drug-likeness (QED) is 0.235. The molecule has 4 rings (SSSR count). The van der Waals surface area contributed by atoms with Crippen LogP contribution >= 0.6 is 0 Å². The van der Waals surface area contributed by atoms with Crippen molar-refractivity contribution in [1.29, 1.82) is 0 Å². The fourth-order valence-electron chi connectivity index (χ4n) is 3.58. The van der Waals surface area contributed by atoms with Gasteiger partial charge in [-0.25, -0.2) is 4.18 Å². The molecule has 0 aliphatic heterocycles. The van der Waals surface area contributed by atoms with Crippen molar-refractivity contribution < 1.29 is 51.8 Å². The van der Waals surface area contributed by atoms with E-state index in [9.17, 15) is 13.5 Å². The second-order valence-electron chi connectivity index (χ2n) is 6.05. The van der Waals surface area contributed by atoms with Gasteiger partial charge in [0, 0.05) is 0 Å². The Kier molecular flexibility index (Phi) is 5.88. The van der Waals surface area contributed by atoms with E-state index in [-0.39, 0.29) is 36.2 Å². The average Bonchev–Trinajstić information content (AvgIpc) is 2.64. The predicted octanol–water partition coefficient (Wildman–Crippen LogP) is 0.330. The van der Waals surface area contributed by atoms with E-state index in [4.69, 9.17) is 4.55 Å². The van der Waals surface area contributed by atoms with Gasteiger partial charge in [-0.1, -0.05) is 60.7 Å². The SMILES string of the molecule is O=S(=O)(O)OCc1c2ccccc2c(C[O-])c2c1ccc1ccccc12.[Na+]. The Balaban J connectivity index is 0.00000210. The molecule has 0 aromatic heterocycles.